The number of rotatable bonds is 10. The van der Waals surface area contributed by atoms with Gasteiger partial charge in [-0.3, -0.25) is 9.59 Å². The SMILES string of the molecule is COCCOc1cccc2c1CCN(C(=O)/C=C/c1c(-n3cnnn3)ccc(Cl)c1F)C2C(=O)Nc1ccc(C(=O)O)cc1. The summed E-state index contributed by atoms with van der Waals surface area (Å²) in [7, 11) is 1.56. The van der Waals surface area contributed by atoms with Crippen molar-refractivity contribution in [3.63, 3.8) is 0 Å². The molecule has 2 amide bonds. The Kier molecular flexibility index (Phi) is 9.26. The second-order valence-electron chi connectivity index (χ2n) is 9.60. The number of carbonyl (C=O) groups is 3. The molecule has 226 valence electrons. The van der Waals surface area contributed by atoms with E-state index in [4.69, 9.17) is 21.1 Å². The maximum Gasteiger partial charge on any atom is 0.335 e. The highest BCUT2D eigenvalue weighted by atomic mass is 35.5. The molecule has 0 saturated carbocycles. The monoisotopic (exact) mass is 620 g/mol. The van der Waals surface area contributed by atoms with Crippen molar-refractivity contribution in [2.45, 2.75) is 12.5 Å². The van der Waals surface area contributed by atoms with Gasteiger partial charge in [0, 0.05) is 36.5 Å². The van der Waals surface area contributed by atoms with Crippen LogP contribution < -0.4 is 10.1 Å². The van der Waals surface area contributed by atoms with E-state index in [1.54, 1.807) is 25.3 Å². The third-order valence-electron chi connectivity index (χ3n) is 6.95. The fourth-order valence-corrected chi connectivity index (χ4v) is 5.03. The second kappa shape index (κ2) is 13.4. The summed E-state index contributed by atoms with van der Waals surface area (Å²) in [6.07, 6.45) is 4.09. The van der Waals surface area contributed by atoms with Gasteiger partial charge >= 0.3 is 5.97 Å². The molecule has 0 radical (unpaired) electrons. The number of benzene rings is 3. The number of aromatic nitrogens is 4. The molecule has 2 N–H and O–H groups in total. The zero-order valence-corrected chi connectivity index (χ0v) is 24.1. The molecule has 0 aliphatic carbocycles. The number of methoxy groups -OCH3 is 1. The van der Waals surface area contributed by atoms with Crippen molar-refractivity contribution in [1.82, 2.24) is 25.1 Å². The van der Waals surface area contributed by atoms with Crippen molar-refractivity contribution < 1.29 is 33.4 Å². The highest BCUT2D eigenvalue weighted by molar-refractivity contribution is 6.31. The quantitative estimate of drug-likeness (QED) is 0.198. The first kappa shape index (κ1) is 30.3. The number of hydrogen-bond donors (Lipinski definition) is 2. The Morgan fingerprint density at radius 1 is 1.14 bits per heavy atom. The molecule has 44 heavy (non-hydrogen) atoms. The number of anilines is 1. The number of aromatic carboxylic acids is 1. The molecule has 0 saturated heterocycles. The number of nitrogens with one attached hydrogen (secondary N) is 1. The van der Waals surface area contributed by atoms with Gasteiger partial charge in [0.05, 0.1) is 22.9 Å². The smallest absolute Gasteiger partial charge is 0.335 e. The summed E-state index contributed by atoms with van der Waals surface area (Å²) in [5.74, 6) is -2.41. The van der Waals surface area contributed by atoms with E-state index in [9.17, 15) is 19.5 Å². The summed E-state index contributed by atoms with van der Waals surface area (Å²) in [6, 6.07) is 12.7. The lowest BCUT2D eigenvalue weighted by molar-refractivity contribution is -0.135. The van der Waals surface area contributed by atoms with E-state index < -0.39 is 29.6 Å². The average molecular weight is 621 g/mol. The van der Waals surface area contributed by atoms with Gasteiger partial charge in [-0.2, -0.15) is 4.68 Å². The largest absolute Gasteiger partial charge is 0.491 e. The number of fused-ring (bicyclic) bond motifs is 1. The molecule has 0 spiro atoms. The molecule has 1 atom stereocenters. The molecule has 0 bridgehead atoms. The van der Waals surface area contributed by atoms with Gasteiger partial charge in [-0.1, -0.05) is 23.7 Å². The number of halogens is 2. The van der Waals surface area contributed by atoms with Gasteiger partial charge in [0.2, 0.25) is 5.91 Å². The fraction of sp³-hybridized carbons (Fsp3) is 0.200. The lowest BCUT2D eigenvalue weighted by Crippen LogP contribution is -2.44. The molecule has 1 aliphatic heterocycles. The van der Waals surface area contributed by atoms with Gasteiger partial charge < -0.3 is 24.8 Å². The van der Waals surface area contributed by atoms with Crippen LogP contribution in [0.4, 0.5) is 10.1 Å². The van der Waals surface area contributed by atoms with Gasteiger partial charge in [-0.05, 0) is 71.0 Å². The maximum absolute atomic E-state index is 15.1. The average Bonchev–Trinajstić information content (AvgIpc) is 3.56. The number of tetrazole rings is 1. The molecular weight excluding hydrogens is 595 g/mol. The van der Waals surface area contributed by atoms with Crippen LogP contribution in [0.2, 0.25) is 5.02 Å². The van der Waals surface area contributed by atoms with E-state index >= 15 is 4.39 Å². The van der Waals surface area contributed by atoms with Crippen molar-refractivity contribution in [3.05, 3.63) is 100 Å². The summed E-state index contributed by atoms with van der Waals surface area (Å²) in [4.78, 5) is 40.1. The zero-order valence-electron chi connectivity index (χ0n) is 23.3. The third-order valence-corrected chi connectivity index (χ3v) is 7.24. The van der Waals surface area contributed by atoms with E-state index in [2.05, 4.69) is 20.8 Å². The number of carboxylic acids is 1. The van der Waals surface area contributed by atoms with Crippen LogP contribution in [-0.4, -0.2) is 74.9 Å². The van der Waals surface area contributed by atoms with Crippen molar-refractivity contribution in [2.24, 2.45) is 0 Å². The number of ether oxygens (including phenoxy) is 2. The fourth-order valence-electron chi connectivity index (χ4n) is 4.87. The summed E-state index contributed by atoms with van der Waals surface area (Å²) >= 11 is 6.03. The minimum atomic E-state index is -1.10. The third kappa shape index (κ3) is 6.43. The van der Waals surface area contributed by atoms with Gasteiger partial charge in [0.15, 0.2) is 5.82 Å². The molecule has 12 nitrogen and oxygen atoms in total. The van der Waals surface area contributed by atoms with E-state index in [0.717, 1.165) is 11.6 Å². The molecular formula is C30H26ClFN6O6. The Bertz CT molecular complexity index is 1710. The number of carbonyl (C=O) groups excluding carboxylic acids is 2. The van der Waals surface area contributed by atoms with Gasteiger partial charge in [0.1, 0.15) is 24.7 Å². The highest BCUT2D eigenvalue weighted by Gasteiger charge is 2.36. The Hall–Kier alpha value is -5.14. The Labute approximate surface area is 255 Å². The van der Waals surface area contributed by atoms with Crippen molar-refractivity contribution in [1.29, 1.82) is 0 Å². The molecule has 5 rings (SSSR count). The number of amides is 2. The van der Waals surface area contributed by atoms with Gasteiger partial charge in [-0.25, -0.2) is 9.18 Å². The van der Waals surface area contributed by atoms with Crippen LogP contribution >= 0.6 is 11.6 Å². The molecule has 1 aliphatic rings. The molecule has 3 aromatic carbocycles. The molecule has 14 heteroatoms. The van der Waals surface area contributed by atoms with Crippen molar-refractivity contribution in [3.8, 4) is 11.4 Å². The van der Waals surface area contributed by atoms with Crippen molar-refractivity contribution in [2.75, 3.05) is 32.2 Å². The highest BCUT2D eigenvalue weighted by Crippen LogP contribution is 2.36. The molecule has 0 fully saturated rings. The van der Waals surface area contributed by atoms with Crippen LogP contribution in [0.1, 0.15) is 33.1 Å². The molecule has 4 aromatic rings. The van der Waals surface area contributed by atoms with Gasteiger partial charge in [0.25, 0.3) is 5.91 Å². The van der Waals surface area contributed by atoms with Crippen LogP contribution in [0, 0.1) is 5.82 Å². The van der Waals surface area contributed by atoms with Crippen LogP contribution in [0.25, 0.3) is 11.8 Å². The van der Waals surface area contributed by atoms with Crippen LogP contribution in [-0.2, 0) is 20.7 Å². The summed E-state index contributed by atoms with van der Waals surface area (Å²) < 4.78 is 27.3. The molecule has 2 heterocycles. The number of nitrogens with zero attached hydrogens (tertiary/aromatic N) is 5. The first-order valence-electron chi connectivity index (χ1n) is 13.4. The van der Waals surface area contributed by atoms with E-state index in [1.165, 1.54) is 58.4 Å². The molecule has 1 aromatic heterocycles. The first-order valence-corrected chi connectivity index (χ1v) is 13.7. The van der Waals surface area contributed by atoms with Crippen LogP contribution in [0.5, 0.6) is 5.75 Å². The lowest BCUT2D eigenvalue weighted by atomic mass is 9.90. The first-order chi connectivity index (χ1) is 21.3. The predicted octanol–water partition coefficient (Wildman–Crippen LogP) is 3.96. The molecule has 1 unspecified atom stereocenters. The van der Waals surface area contributed by atoms with Gasteiger partial charge in [-0.15, -0.1) is 5.10 Å². The topological polar surface area (TPSA) is 149 Å². The minimum Gasteiger partial charge on any atom is -0.491 e. The Morgan fingerprint density at radius 2 is 1.93 bits per heavy atom. The Balaban J connectivity index is 1.49. The lowest BCUT2D eigenvalue weighted by Gasteiger charge is -2.36. The number of hydrogen-bond acceptors (Lipinski definition) is 8. The summed E-state index contributed by atoms with van der Waals surface area (Å²) in [6.45, 7) is 0.802. The predicted molar refractivity (Wildman–Crippen MR) is 157 cm³/mol. The normalized spacial score (nSPS) is 14.3. The zero-order chi connectivity index (χ0) is 31.2. The maximum atomic E-state index is 15.1. The van der Waals surface area contributed by atoms with E-state index in [1.807, 2.05) is 0 Å². The number of carboxylic acid groups (broad SMARTS) is 1. The second-order valence-corrected chi connectivity index (χ2v) is 10.0. The van der Waals surface area contributed by atoms with Crippen LogP contribution in [0.3, 0.4) is 0 Å². The minimum absolute atomic E-state index is 0.0242. The summed E-state index contributed by atoms with van der Waals surface area (Å²) in [5.41, 5.74) is 1.94. The van der Waals surface area contributed by atoms with E-state index in [-0.39, 0.29) is 28.4 Å². The summed E-state index contributed by atoms with van der Waals surface area (Å²) in [5, 5.41) is 22.8. The van der Waals surface area contributed by atoms with Crippen molar-refractivity contribution >= 4 is 41.1 Å². The standard InChI is InChI=1S/C30H26ClFN6O6/c1-43-15-16-44-25-4-2-3-21-20(25)13-14-37(28(21)29(40)34-19-7-5-18(6-8-19)30(41)42)26(39)12-9-22-24(38-17-33-35-36-38)11-10-23(31)27(22)32/h2-12,17,28H,13-16H2,1H3,(H,34,40)(H,41,42)/b12-9+. The Morgan fingerprint density at radius 3 is 2.64 bits per heavy atom. The van der Waals surface area contributed by atoms with E-state index in [0.29, 0.717) is 36.6 Å². The van der Waals surface area contributed by atoms with Crippen LogP contribution in [0.15, 0.2) is 67.0 Å².